The van der Waals surface area contributed by atoms with Gasteiger partial charge in [-0.05, 0) is 60.7 Å². The first-order valence-corrected chi connectivity index (χ1v) is 14.1. The second-order valence-corrected chi connectivity index (χ2v) is 11.3. The number of benzene rings is 2. The molecule has 1 aromatic heterocycles. The quantitative estimate of drug-likeness (QED) is 0.434. The van der Waals surface area contributed by atoms with Crippen LogP contribution >= 0.6 is 22.9 Å². The average molecular weight is 537 g/mol. The summed E-state index contributed by atoms with van der Waals surface area (Å²) in [7, 11) is 1.80. The molecule has 2 aliphatic heterocycles. The average Bonchev–Trinajstić information content (AvgIpc) is 3.45. The highest BCUT2D eigenvalue weighted by atomic mass is 35.5. The molecule has 8 heteroatoms. The van der Waals surface area contributed by atoms with Crippen LogP contribution in [0, 0.1) is 6.92 Å². The van der Waals surface area contributed by atoms with Crippen molar-refractivity contribution in [3.8, 4) is 0 Å². The summed E-state index contributed by atoms with van der Waals surface area (Å²) in [6.45, 7) is 7.59. The highest BCUT2D eigenvalue weighted by Gasteiger charge is 2.42. The SMILES string of the molecule is Cc1ccc(Cl)cc1N1CCN(CCCNC(=O)[C@H]2c3ccccc3C(=O)N(C)[C@H]2c2cccs2)CC1. The van der Waals surface area contributed by atoms with Gasteiger partial charge in [-0.2, -0.15) is 0 Å². The van der Waals surface area contributed by atoms with E-state index in [4.69, 9.17) is 11.6 Å². The number of halogens is 1. The van der Waals surface area contributed by atoms with Crippen molar-refractivity contribution >= 4 is 40.4 Å². The molecule has 2 atom stereocenters. The Balaban J connectivity index is 1.17. The lowest BCUT2D eigenvalue weighted by atomic mass is 9.81. The summed E-state index contributed by atoms with van der Waals surface area (Å²) in [6.07, 6.45) is 0.884. The number of amides is 2. The number of hydrogen-bond acceptors (Lipinski definition) is 5. The smallest absolute Gasteiger partial charge is 0.254 e. The normalized spacial score (nSPS) is 20.1. The topological polar surface area (TPSA) is 55.9 Å². The Morgan fingerprint density at radius 2 is 1.86 bits per heavy atom. The van der Waals surface area contributed by atoms with Crippen LogP contribution in [0.5, 0.6) is 0 Å². The molecule has 3 aromatic rings. The van der Waals surface area contributed by atoms with Crippen LogP contribution in [0.25, 0.3) is 0 Å². The predicted octanol–water partition coefficient (Wildman–Crippen LogP) is 4.95. The molecule has 2 aliphatic rings. The number of nitrogens with one attached hydrogen (secondary N) is 1. The number of aryl methyl sites for hydroxylation is 1. The number of likely N-dealkylation sites (N-methyl/N-ethyl adjacent to an activating group) is 1. The van der Waals surface area contributed by atoms with E-state index in [0.29, 0.717) is 12.1 Å². The number of anilines is 1. The minimum absolute atomic E-state index is 0.0218. The molecule has 2 amide bonds. The molecule has 3 heterocycles. The fourth-order valence-corrected chi connectivity index (χ4v) is 6.60. The van der Waals surface area contributed by atoms with Crippen molar-refractivity contribution in [2.45, 2.75) is 25.3 Å². The van der Waals surface area contributed by atoms with Crippen LogP contribution < -0.4 is 10.2 Å². The van der Waals surface area contributed by atoms with Crippen LogP contribution in [0.15, 0.2) is 60.0 Å². The number of fused-ring (bicyclic) bond motifs is 1. The van der Waals surface area contributed by atoms with Gasteiger partial charge in [-0.15, -0.1) is 11.3 Å². The van der Waals surface area contributed by atoms with E-state index in [-0.39, 0.29) is 17.9 Å². The number of carbonyl (C=O) groups excluding carboxylic acids is 2. The van der Waals surface area contributed by atoms with E-state index in [1.54, 1.807) is 23.3 Å². The molecule has 0 saturated carbocycles. The van der Waals surface area contributed by atoms with Crippen molar-refractivity contribution < 1.29 is 9.59 Å². The van der Waals surface area contributed by atoms with Crippen molar-refractivity contribution in [2.24, 2.45) is 0 Å². The van der Waals surface area contributed by atoms with Crippen LogP contribution in [0.4, 0.5) is 5.69 Å². The van der Waals surface area contributed by atoms with Gasteiger partial charge in [0.25, 0.3) is 5.91 Å². The van der Waals surface area contributed by atoms with Crippen molar-refractivity contribution in [3.63, 3.8) is 0 Å². The van der Waals surface area contributed by atoms with Crippen LogP contribution in [-0.2, 0) is 4.79 Å². The molecule has 5 rings (SSSR count). The summed E-state index contributed by atoms with van der Waals surface area (Å²) in [4.78, 5) is 34.2. The van der Waals surface area contributed by atoms with E-state index in [9.17, 15) is 9.59 Å². The molecular weight excluding hydrogens is 504 g/mol. The predicted molar refractivity (Wildman–Crippen MR) is 151 cm³/mol. The van der Waals surface area contributed by atoms with Gasteiger partial charge < -0.3 is 15.1 Å². The summed E-state index contributed by atoms with van der Waals surface area (Å²) < 4.78 is 0. The molecule has 1 fully saturated rings. The number of piperazine rings is 1. The lowest BCUT2D eigenvalue weighted by molar-refractivity contribution is -0.124. The Morgan fingerprint density at radius 3 is 2.62 bits per heavy atom. The Kier molecular flexibility index (Phi) is 7.84. The zero-order valence-electron chi connectivity index (χ0n) is 21.3. The molecule has 0 bridgehead atoms. The van der Waals surface area contributed by atoms with E-state index < -0.39 is 5.92 Å². The van der Waals surface area contributed by atoms with Gasteiger partial charge in [-0.3, -0.25) is 14.5 Å². The van der Waals surface area contributed by atoms with E-state index in [2.05, 4.69) is 34.2 Å². The third kappa shape index (κ3) is 5.40. The number of nitrogens with zero attached hydrogens (tertiary/aromatic N) is 3. The fraction of sp³-hybridized carbons (Fsp3) is 0.379. The maximum absolute atomic E-state index is 13.6. The van der Waals surface area contributed by atoms with Gasteiger partial charge in [0.15, 0.2) is 0 Å². The van der Waals surface area contributed by atoms with Gasteiger partial charge in [-0.1, -0.05) is 41.9 Å². The molecule has 1 saturated heterocycles. The Labute approximate surface area is 227 Å². The number of rotatable bonds is 7. The van der Waals surface area contributed by atoms with Crippen molar-refractivity contribution in [1.29, 1.82) is 0 Å². The zero-order chi connectivity index (χ0) is 25.9. The summed E-state index contributed by atoms with van der Waals surface area (Å²) in [5, 5.41) is 5.96. The molecule has 37 heavy (non-hydrogen) atoms. The molecule has 1 N–H and O–H groups in total. The summed E-state index contributed by atoms with van der Waals surface area (Å²) in [6, 6.07) is 17.3. The highest BCUT2D eigenvalue weighted by Crippen LogP contribution is 2.43. The van der Waals surface area contributed by atoms with Crippen LogP contribution in [-0.4, -0.2) is 67.9 Å². The summed E-state index contributed by atoms with van der Waals surface area (Å²) >= 11 is 7.81. The van der Waals surface area contributed by atoms with E-state index in [0.717, 1.165) is 54.6 Å². The Morgan fingerprint density at radius 1 is 1.08 bits per heavy atom. The molecule has 0 spiro atoms. The largest absolute Gasteiger partial charge is 0.369 e. The lowest BCUT2D eigenvalue weighted by Crippen LogP contribution is -2.47. The first kappa shape index (κ1) is 25.8. The van der Waals surface area contributed by atoms with Gasteiger partial charge in [-0.25, -0.2) is 0 Å². The summed E-state index contributed by atoms with van der Waals surface area (Å²) in [5.41, 5.74) is 3.90. The first-order valence-electron chi connectivity index (χ1n) is 12.8. The Hall–Kier alpha value is -2.87. The van der Waals surface area contributed by atoms with E-state index in [1.807, 2.05) is 47.8 Å². The van der Waals surface area contributed by atoms with E-state index in [1.165, 1.54) is 11.3 Å². The minimum Gasteiger partial charge on any atom is -0.369 e. The fourth-order valence-electron chi connectivity index (χ4n) is 5.53. The van der Waals surface area contributed by atoms with Gasteiger partial charge in [0, 0.05) is 60.9 Å². The third-order valence-electron chi connectivity index (χ3n) is 7.53. The number of thiophene rings is 1. The maximum atomic E-state index is 13.6. The van der Waals surface area contributed by atoms with Gasteiger partial charge in [0.2, 0.25) is 5.91 Å². The van der Waals surface area contributed by atoms with E-state index >= 15 is 0 Å². The third-order valence-corrected chi connectivity index (χ3v) is 8.71. The second-order valence-electron chi connectivity index (χ2n) is 9.85. The van der Waals surface area contributed by atoms with Gasteiger partial charge in [0.1, 0.15) is 0 Å². The minimum atomic E-state index is -0.429. The monoisotopic (exact) mass is 536 g/mol. The summed E-state index contributed by atoms with van der Waals surface area (Å²) in [5.74, 6) is -0.487. The number of hydrogen-bond donors (Lipinski definition) is 1. The van der Waals surface area contributed by atoms with Gasteiger partial charge >= 0.3 is 0 Å². The Bertz CT molecular complexity index is 1260. The molecule has 0 radical (unpaired) electrons. The van der Waals surface area contributed by atoms with Crippen LogP contribution in [0.3, 0.4) is 0 Å². The highest BCUT2D eigenvalue weighted by molar-refractivity contribution is 7.10. The second kappa shape index (κ2) is 11.3. The molecule has 0 unspecified atom stereocenters. The van der Waals surface area contributed by atoms with Crippen molar-refractivity contribution in [2.75, 3.05) is 51.2 Å². The van der Waals surface area contributed by atoms with Crippen LogP contribution in [0.1, 0.15) is 44.7 Å². The van der Waals surface area contributed by atoms with Crippen molar-refractivity contribution in [1.82, 2.24) is 15.1 Å². The molecule has 2 aromatic carbocycles. The molecular formula is C29H33ClN4O2S. The number of carbonyl (C=O) groups is 2. The molecule has 194 valence electrons. The van der Waals surface area contributed by atoms with Crippen molar-refractivity contribution in [3.05, 3.63) is 86.6 Å². The maximum Gasteiger partial charge on any atom is 0.254 e. The zero-order valence-corrected chi connectivity index (χ0v) is 22.9. The lowest BCUT2D eigenvalue weighted by Gasteiger charge is -2.39. The molecule has 0 aliphatic carbocycles. The van der Waals surface area contributed by atoms with Gasteiger partial charge in [0.05, 0.1) is 12.0 Å². The molecule has 6 nitrogen and oxygen atoms in total. The first-order chi connectivity index (χ1) is 17.9. The standard InChI is InChI=1S/C29H33ClN4O2S/c1-20-10-11-21(30)19-24(20)34-16-14-33(15-17-34)13-6-12-31-28(35)26-22-7-3-4-8-23(22)29(36)32(2)27(26)25-9-5-18-37-25/h3-5,7-11,18-19,26-27H,6,12-17H2,1-2H3,(H,31,35)/t26-,27-/m0/s1. The van der Waals surface area contributed by atoms with Crippen LogP contribution in [0.2, 0.25) is 5.02 Å².